The van der Waals surface area contributed by atoms with E-state index in [0.29, 0.717) is 34.6 Å². The number of allylic oxidation sites excluding steroid dienone is 4. The van der Waals surface area contributed by atoms with E-state index in [1.165, 1.54) is 28.9 Å². The van der Waals surface area contributed by atoms with Crippen LogP contribution in [-0.4, -0.2) is 29.8 Å². The maximum atomic E-state index is 14.4. The lowest BCUT2D eigenvalue weighted by Crippen LogP contribution is -2.72. The second-order valence-electron chi connectivity index (χ2n) is 11.5. The van der Waals surface area contributed by atoms with Gasteiger partial charge in [0.15, 0.2) is 0 Å². The molecule has 2 amide bonds. The van der Waals surface area contributed by atoms with Crippen LogP contribution in [0.3, 0.4) is 0 Å². The number of carbonyl (C=O) groups is 2. The monoisotopic (exact) mass is 563 g/mol. The van der Waals surface area contributed by atoms with E-state index >= 15 is 0 Å². The molecule has 1 heterocycles. The Morgan fingerprint density at radius 2 is 1.58 bits per heavy atom. The van der Waals surface area contributed by atoms with Crippen LogP contribution in [0.5, 0.6) is 0 Å². The van der Waals surface area contributed by atoms with Crippen LogP contribution in [0.15, 0.2) is 36.0 Å². The Balaban J connectivity index is 2.18. The molecule has 3 rings (SSSR count). The summed E-state index contributed by atoms with van der Waals surface area (Å²) in [6.07, 6.45) is -3.94. The van der Waals surface area contributed by atoms with Crippen molar-refractivity contribution < 1.29 is 35.9 Å². The molecule has 38 heavy (non-hydrogen) atoms. The molecule has 0 fully saturated rings. The Hall–Kier alpha value is -2.76. The van der Waals surface area contributed by atoms with E-state index < -0.39 is 51.7 Å². The van der Waals surface area contributed by atoms with Crippen LogP contribution in [0.1, 0.15) is 61.8 Å². The van der Waals surface area contributed by atoms with Gasteiger partial charge < -0.3 is 16.4 Å². The van der Waals surface area contributed by atoms with Crippen LogP contribution in [-0.2, 0) is 17.6 Å². The molecule has 1 atom stereocenters. The van der Waals surface area contributed by atoms with E-state index in [4.69, 9.17) is 5.73 Å². The smallest absolute Gasteiger partial charge is 0.365 e. The predicted octanol–water partition coefficient (Wildman–Crippen LogP) is 6.43. The molecular formula is C26H31F6N3O2S. The van der Waals surface area contributed by atoms with Crippen molar-refractivity contribution in [1.29, 1.82) is 0 Å². The summed E-state index contributed by atoms with van der Waals surface area (Å²) in [5.41, 5.74) is -0.568. The Labute approximate surface area is 221 Å². The highest BCUT2D eigenvalue weighted by Crippen LogP contribution is 2.51. The van der Waals surface area contributed by atoms with Gasteiger partial charge in [0.1, 0.15) is 5.00 Å². The van der Waals surface area contributed by atoms with Crippen LogP contribution in [0.2, 0.25) is 0 Å². The molecule has 5 nitrogen and oxygen atoms in total. The first kappa shape index (κ1) is 29.8. The fourth-order valence-electron chi connectivity index (χ4n) is 5.36. The van der Waals surface area contributed by atoms with Gasteiger partial charge in [-0.25, -0.2) is 0 Å². The lowest BCUT2D eigenvalue weighted by atomic mass is 9.73. The molecule has 0 aromatic carbocycles. The number of rotatable bonds is 5. The number of carbonyl (C=O) groups excluding carboxylic acids is 2. The van der Waals surface area contributed by atoms with Crippen molar-refractivity contribution >= 4 is 28.2 Å². The van der Waals surface area contributed by atoms with Gasteiger partial charge >= 0.3 is 18.0 Å². The van der Waals surface area contributed by atoms with Crippen LogP contribution in [0, 0.1) is 16.7 Å². The lowest BCUT2D eigenvalue weighted by Gasteiger charge is -2.39. The Morgan fingerprint density at radius 1 is 1.00 bits per heavy atom. The first-order chi connectivity index (χ1) is 17.2. The zero-order valence-electron chi connectivity index (χ0n) is 21.7. The third kappa shape index (κ3) is 5.94. The van der Waals surface area contributed by atoms with Crippen LogP contribution in [0.25, 0.3) is 0 Å². The summed E-state index contributed by atoms with van der Waals surface area (Å²) in [5.74, 6) is -3.15. The molecule has 210 valence electrons. The van der Waals surface area contributed by atoms with Crippen LogP contribution < -0.4 is 16.4 Å². The number of halogens is 6. The summed E-state index contributed by atoms with van der Waals surface area (Å²) in [4.78, 5) is 25.8. The van der Waals surface area contributed by atoms with E-state index in [-0.39, 0.29) is 17.4 Å². The second-order valence-corrected chi connectivity index (χ2v) is 12.6. The van der Waals surface area contributed by atoms with Gasteiger partial charge in [-0.1, -0.05) is 58.9 Å². The molecule has 0 saturated heterocycles. The minimum Gasteiger partial charge on any atom is -0.365 e. The Morgan fingerprint density at radius 3 is 2.13 bits per heavy atom. The van der Waals surface area contributed by atoms with Gasteiger partial charge in [0.05, 0.1) is 5.56 Å². The van der Waals surface area contributed by atoms with E-state index in [0.717, 1.165) is 6.08 Å². The number of amides is 2. The average molecular weight is 564 g/mol. The number of nitrogens with one attached hydrogen (secondary N) is 2. The summed E-state index contributed by atoms with van der Waals surface area (Å²) in [7, 11) is 0. The van der Waals surface area contributed by atoms with Crippen molar-refractivity contribution in [2.75, 3.05) is 5.32 Å². The van der Waals surface area contributed by atoms with E-state index in [1.807, 2.05) is 27.7 Å². The molecule has 1 unspecified atom stereocenters. The molecule has 0 bridgehead atoms. The lowest BCUT2D eigenvalue weighted by molar-refractivity contribution is -0.295. The zero-order chi connectivity index (χ0) is 28.9. The fourth-order valence-corrected chi connectivity index (χ4v) is 6.89. The molecule has 1 aromatic heterocycles. The third-order valence-corrected chi connectivity index (χ3v) is 7.69. The summed E-state index contributed by atoms with van der Waals surface area (Å²) in [6, 6.07) is 0. The number of hydrogen-bond donors (Lipinski definition) is 3. The molecule has 4 N–H and O–H groups in total. The van der Waals surface area contributed by atoms with Crippen molar-refractivity contribution in [3.63, 3.8) is 0 Å². The Bertz CT molecular complexity index is 1190. The number of thiophene rings is 1. The van der Waals surface area contributed by atoms with Gasteiger partial charge in [-0.05, 0) is 47.6 Å². The highest BCUT2D eigenvalue weighted by atomic mass is 32.1. The normalized spacial score (nSPS) is 21.1. The number of hydrogen-bond acceptors (Lipinski definition) is 4. The summed E-state index contributed by atoms with van der Waals surface area (Å²) >= 11 is 0.630. The van der Waals surface area contributed by atoms with Gasteiger partial charge in [-0.15, -0.1) is 11.3 Å². The molecule has 0 radical (unpaired) electrons. The number of nitrogens with two attached hydrogens (primary N) is 1. The molecule has 2 aliphatic carbocycles. The first-order valence-electron chi connectivity index (χ1n) is 11.9. The summed E-state index contributed by atoms with van der Waals surface area (Å²) in [5, 5.41) is 2.01. The molecule has 0 aliphatic heterocycles. The van der Waals surface area contributed by atoms with Crippen molar-refractivity contribution in [3.05, 3.63) is 52.0 Å². The number of alkyl halides is 6. The number of anilines is 1. The number of fused-ring (bicyclic) bond motifs is 1. The molecular weight excluding hydrogens is 532 g/mol. The maximum Gasteiger partial charge on any atom is 0.439 e. The highest BCUT2D eigenvalue weighted by Gasteiger charge is 2.73. The van der Waals surface area contributed by atoms with Crippen molar-refractivity contribution in [2.24, 2.45) is 22.5 Å². The van der Waals surface area contributed by atoms with Gasteiger partial charge in [0.2, 0.25) is 0 Å². The number of primary amides is 1. The van der Waals surface area contributed by atoms with E-state index in [2.05, 4.69) is 0 Å². The second kappa shape index (κ2) is 9.77. The van der Waals surface area contributed by atoms with E-state index in [1.54, 1.807) is 13.0 Å². The van der Waals surface area contributed by atoms with E-state index in [9.17, 15) is 35.9 Å². The molecule has 2 aliphatic rings. The topological polar surface area (TPSA) is 84.2 Å². The molecule has 0 saturated carbocycles. The molecule has 12 heteroatoms. The summed E-state index contributed by atoms with van der Waals surface area (Å²) < 4.78 is 86.5. The largest absolute Gasteiger partial charge is 0.439 e. The van der Waals surface area contributed by atoms with Crippen molar-refractivity contribution in [3.8, 4) is 0 Å². The third-order valence-electron chi connectivity index (χ3n) is 6.55. The van der Waals surface area contributed by atoms with Gasteiger partial charge in [0, 0.05) is 10.5 Å². The van der Waals surface area contributed by atoms with Gasteiger partial charge in [-0.3, -0.25) is 9.59 Å². The summed E-state index contributed by atoms with van der Waals surface area (Å²) in [6.45, 7) is 9.34. The predicted molar refractivity (Wildman–Crippen MR) is 135 cm³/mol. The van der Waals surface area contributed by atoms with Gasteiger partial charge in [-0.2, -0.15) is 26.3 Å². The van der Waals surface area contributed by atoms with Crippen LogP contribution in [0.4, 0.5) is 31.3 Å². The highest BCUT2D eigenvalue weighted by molar-refractivity contribution is 7.16. The minimum atomic E-state index is -6.05. The van der Waals surface area contributed by atoms with Crippen molar-refractivity contribution in [1.82, 2.24) is 5.32 Å². The van der Waals surface area contributed by atoms with Gasteiger partial charge in [0.25, 0.3) is 11.8 Å². The minimum absolute atomic E-state index is 0.238. The molecule has 0 spiro atoms. The SMILES string of the molecule is CC1C=CC=CC(C(=O)NC(Nc2sc3c(c2C(N)=O)CC(C)(C)CC(C)(C)C3)(C(F)(F)F)C(F)(F)F)=C1. The van der Waals surface area contributed by atoms with Crippen LogP contribution >= 0.6 is 11.3 Å². The molecule has 1 aromatic rings. The standard InChI is InChI=1S/C26H31F6N3O2S/c1-14-8-6-7-9-15(10-14)20(37)34-24(25(27,28)29,26(30,31)32)35-21-18(19(33)36)16-11-22(2,3)13-23(4,5)12-17(16)38-21/h6-10,14,35H,11-13H2,1-5H3,(H2,33,36)(H,34,37). The maximum absolute atomic E-state index is 14.4. The first-order valence-corrected chi connectivity index (χ1v) is 12.7. The fraction of sp³-hybridized carbons (Fsp3) is 0.538. The quantitative estimate of drug-likeness (QED) is 0.220. The van der Waals surface area contributed by atoms with Crippen molar-refractivity contribution in [2.45, 2.75) is 71.9 Å². The average Bonchev–Trinajstić information content (AvgIpc) is 2.82. The zero-order valence-corrected chi connectivity index (χ0v) is 22.5. The Kier molecular flexibility index (Phi) is 7.66.